The van der Waals surface area contributed by atoms with Gasteiger partial charge in [-0.15, -0.1) is 0 Å². The molecule has 2 N–H and O–H groups in total. The van der Waals surface area contributed by atoms with E-state index in [9.17, 15) is 0 Å². The number of nitrogens with one attached hydrogen (secondary N) is 2. The molecule has 2 nitrogen and oxygen atoms in total. The second-order valence-electron chi connectivity index (χ2n) is 2.16. The summed E-state index contributed by atoms with van der Waals surface area (Å²) in [6, 6.07) is 0.486. The van der Waals surface area contributed by atoms with Gasteiger partial charge in [0.25, 0.3) is 0 Å². The smallest absolute Gasteiger partial charge is 0.0499 e. The summed E-state index contributed by atoms with van der Waals surface area (Å²) in [6.07, 6.45) is 0. The molecule has 9 heavy (non-hydrogen) atoms. The molecule has 1 rings (SSSR count). The highest BCUT2D eigenvalue weighted by atomic mass is 127. The Morgan fingerprint density at radius 3 is 2.67 bits per heavy atom. The highest BCUT2D eigenvalue weighted by molar-refractivity contribution is 14.1. The van der Waals surface area contributed by atoms with Gasteiger partial charge in [0.05, 0.1) is 0 Å². The van der Waals surface area contributed by atoms with Crippen LogP contribution < -0.4 is 10.6 Å². The van der Waals surface area contributed by atoms with Gasteiger partial charge in [-0.05, 0) is 22.6 Å². The summed E-state index contributed by atoms with van der Waals surface area (Å²) in [6.45, 7) is 7.04. The second kappa shape index (κ2) is 3.53. The molecule has 0 saturated carbocycles. The Kier molecular flexibility index (Phi) is 2.94. The van der Waals surface area contributed by atoms with Crippen molar-refractivity contribution in [3.63, 3.8) is 0 Å². The summed E-state index contributed by atoms with van der Waals surface area (Å²) in [5, 5.41) is 6.64. The minimum absolute atomic E-state index is 0.486. The van der Waals surface area contributed by atoms with Crippen molar-refractivity contribution in [1.29, 1.82) is 0 Å². The summed E-state index contributed by atoms with van der Waals surface area (Å²) in [4.78, 5) is 0. The van der Waals surface area contributed by atoms with Gasteiger partial charge in [0.1, 0.15) is 0 Å². The molecule has 1 heterocycles. The maximum atomic E-state index is 3.86. The molecule has 0 amide bonds. The Balaban J connectivity index is 2.31. The molecule has 52 valence electrons. The van der Waals surface area contributed by atoms with E-state index in [1.165, 1.54) is 3.58 Å². The van der Waals surface area contributed by atoms with Crippen molar-refractivity contribution in [2.75, 3.05) is 19.6 Å². The zero-order valence-electron chi connectivity index (χ0n) is 5.28. The van der Waals surface area contributed by atoms with Gasteiger partial charge in [-0.1, -0.05) is 6.58 Å². The molecule has 0 bridgehead atoms. The van der Waals surface area contributed by atoms with Gasteiger partial charge in [-0.3, -0.25) is 0 Å². The molecule has 0 radical (unpaired) electrons. The van der Waals surface area contributed by atoms with E-state index in [0.29, 0.717) is 6.04 Å². The van der Waals surface area contributed by atoms with E-state index >= 15 is 0 Å². The van der Waals surface area contributed by atoms with Crippen LogP contribution in [0.4, 0.5) is 0 Å². The number of piperazine rings is 1. The fraction of sp³-hybridized carbons (Fsp3) is 0.667. The van der Waals surface area contributed by atoms with Crippen LogP contribution in [-0.2, 0) is 0 Å². The van der Waals surface area contributed by atoms with Crippen molar-refractivity contribution in [2.24, 2.45) is 0 Å². The van der Waals surface area contributed by atoms with Gasteiger partial charge in [0.2, 0.25) is 0 Å². The lowest BCUT2D eigenvalue weighted by atomic mass is 10.2. The fourth-order valence-electron chi connectivity index (χ4n) is 0.875. The Labute approximate surface area is 69.2 Å². The average molecular weight is 238 g/mol. The first-order chi connectivity index (χ1) is 4.30. The van der Waals surface area contributed by atoms with Crippen LogP contribution in [0.25, 0.3) is 0 Å². The van der Waals surface area contributed by atoms with Gasteiger partial charge in [-0.2, -0.15) is 0 Å². The lowest BCUT2D eigenvalue weighted by molar-refractivity contribution is 0.470. The number of hydrogen-bond acceptors (Lipinski definition) is 2. The maximum Gasteiger partial charge on any atom is 0.0499 e. The molecule has 3 heteroatoms. The van der Waals surface area contributed by atoms with E-state index < -0.39 is 0 Å². The summed E-state index contributed by atoms with van der Waals surface area (Å²) in [5.41, 5.74) is 0. The summed E-state index contributed by atoms with van der Waals surface area (Å²) in [5.74, 6) is 0. The quantitative estimate of drug-likeness (QED) is 0.650. The van der Waals surface area contributed by atoms with Gasteiger partial charge >= 0.3 is 0 Å². The Morgan fingerprint density at radius 2 is 2.33 bits per heavy atom. The zero-order chi connectivity index (χ0) is 6.69. The first-order valence-corrected chi connectivity index (χ1v) is 4.17. The Bertz CT molecular complexity index is 108. The van der Waals surface area contributed by atoms with Crippen molar-refractivity contribution in [1.82, 2.24) is 10.6 Å². The van der Waals surface area contributed by atoms with Crippen LogP contribution >= 0.6 is 22.6 Å². The number of hydrogen-bond donors (Lipinski definition) is 2. The third-order valence-corrected chi connectivity index (χ3v) is 2.17. The van der Waals surface area contributed by atoms with Crippen LogP contribution in [0.3, 0.4) is 0 Å². The minimum atomic E-state index is 0.486. The Morgan fingerprint density at radius 1 is 1.56 bits per heavy atom. The highest BCUT2D eigenvalue weighted by Gasteiger charge is 2.11. The van der Waals surface area contributed by atoms with Crippen LogP contribution in [0.5, 0.6) is 0 Å². The average Bonchev–Trinajstić information content (AvgIpc) is 1.90. The molecular weight excluding hydrogens is 227 g/mol. The van der Waals surface area contributed by atoms with Crippen molar-refractivity contribution in [3.05, 3.63) is 10.2 Å². The summed E-state index contributed by atoms with van der Waals surface area (Å²) < 4.78 is 1.19. The third kappa shape index (κ3) is 2.23. The summed E-state index contributed by atoms with van der Waals surface area (Å²) in [7, 11) is 0. The molecule has 0 aromatic heterocycles. The first kappa shape index (κ1) is 7.50. The first-order valence-electron chi connectivity index (χ1n) is 3.09. The number of halogens is 1. The molecule has 1 atom stereocenters. The molecule has 1 aliphatic heterocycles. The Hall–Kier alpha value is 0.390. The highest BCUT2D eigenvalue weighted by Crippen LogP contribution is 2.08. The van der Waals surface area contributed by atoms with E-state index in [-0.39, 0.29) is 0 Å². The molecule has 0 aromatic rings. The lowest BCUT2D eigenvalue weighted by Crippen LogP contribution is -2.48. The molecule has 0 aliphatic carbocycles. The third-order valence-electron chi connectivity index (χ3n) is 1.42. The van der Waals surface area contributed by atoms with Gasteiger partial charge in [0, 0.05) is 29.3 Å². The van der Waals surface area contributed by atoms with Gasteiger partial charge < -0.3 is 10.6 Å². The maximum absolute atomic E-state index is 3.86. The van der Waals surface area contributed by atoms with E-state index in [0.717, 1.165) is 19.6 Å². The fourth-order valence-corrected chi connectivity index (χ4v) is 1.32. The molecule has 1 aliphatic rings. The van der Waals surface area contributed by atoms with Crippen LogP contribution in [0.2, 0.25) is 0 Å². The predicted octanol–water partition coefficient (Wildman–Crippen LogP) is 0.496. The van der Waals surface area contributed by atoms with Gasteiger partial charge in [-0.25, -0.2) is 0 Å². The molecular formula is C6H11IN2. The van der Waals surface area contributed by atoms with Crippen molar-refractivity contribution in [3.8, 4) is 0 Å². The predicted molar refractivity (Wildman–Crippen MR) is 47.8 cm³/mol. The van der Waals surface area contributed by atoms with E-state index in [1.54, 1.807) is 0 Å². The molecule has 1 saturated heterocycles. The second-order valence-corrected chi connectivity index (χ2v) is 3.54. The van der Waals surface area contributed by atoms with E-state index in [2.05, 4.69) is 39.8 Å². The molecule has 0 aromatic carbocycles. The normalized spacial score (nSPS) is 27.9. The van der Waals surface area contributed by atoms with Crippen LogP contribution in [0.15, 0.2) is 10.2 Å². The van der Waals surface area contributed by atoms with Crippen LogP contribution in [-0.4, -0.2) is 25.7 Å². The van der Waals surface area contributed by atoms with Gasteiger partial charge in [0.15, 0.2) is 0 Å². The SMILES string of the molecule is C=C(I)C1CNCCN1. The topological polar surface area (TPSA) is 24.1 Å². The number of rotatable bonds is 1. The van der Waals surface area contributed by atoms with E-state index in [4.69, 9.17) is 0 Å². The molecule has 1 unspecified atom stereocenters. The standard InChI is InChI=1S/C6H11IN2/c1-5(7)6-4-8-2-3-9-6/h6,8-9H,1-4H2. The summed E-state index contributed by atoms with van der Waals surface area (Å²) >= 11 is 2.26. The molecule has 1 fully saturated rings. The van der Waals surface area contributed by atoms with E-state index in [1.807, 2.05) is 0 Å². The monoisotopic (exact) mass is 238 g/mol. The van der Waals surface area contributed by atoms with Crippen molar-refractivity contribution in [2.45, 2.75) is 6.04 Å². The van der Waals surface area contributed by atoms with Crippen LogP contribution in [0, 0.1) is 0 Å². The molecule has 0 spiro atoms. The zero-order valence-corrected chi connectivity index (χ0v) is 7.44. The lowest BCUT2D eigenvalue weighted by Gasteiger charge is -2.23. The minimum Gasteiger partial charge on any atom is -0.314 e. The largest absolute Gasteiger partial charge is 0.314 e. The van der Waals surface area contributed by atoms with Crippen molar-refractivity contribution < 1.29 is 0 Å². The van der Waals surface area contributed by atoms with Crippen molar-refractivity contribution >= 4 is 22.6 Å². The van der Waals surface area contributed by atoms with Crippen LogP contribution in [0.1, 0.15) is 0 Å².